The number of para-hydroxylation sites is 2. The molecular weight excluding hydrogens is 194 g/mol. The zero-order valence-electron chi connectivity index (χ0n) is 7.95. The van der Waals surface area contributed by atoms with Gasteiger partial charge in [-0.1, -0.05) is 12.1 Å². The molecular formula is C9H11N5O. The molecule has 0 atom stereocenters. The van der Waals surface area contributed by atoms with E-state index in [1.807, 2.05) is 18.2 Å². The van der Waals surface area contributed by atoms with Gasteiger partial charge in [0.05, 0.1) is 17.8 Å². The minimum Gasteiger partial charge on any atom is -0.397 e. The van der Waals surface area contributed by atoms with Crippen molar-refractivity contribution < 1.29 is 4.79 Å². The molecule has 0 radical (unpaired) electrons. The molecule has 0 spiro atoms. The normalized spacial score (nSPS) is 17.3. The Morgan fingerprint density at radius 2 is 2.13 bits per heavy atom. The highest BCUT2D eigenvalue weighted by Crippen LogP contribution is 2.16. The monoisotopic (exact) mass is 205 g/mol. The van der Waals surface area contributed by atoms with Gasteiger partial charge in [0.15, 0.2) is 5.84 Å². The molecule has 1 aliphatic rings. The van der Waals surface area contributed by atoms with Crippen LogP contribution in [0, 0.1) is 0 Å². The lowest BCUT2D eigenvalue weighted by molar-refractivity contribution is -0.119. The van der Waals surface area contributed by atoms with Gasteiger partial charge in [-0.25, -0.2) is 0 Å². The number of hydrazine groups is 1. The largest absolute Gasteiger partial charge is 0.397 e. The number of hydrogen-bond donors (Lipinski definition) is 4. The highest BCUT2D eigenvalue weighted by atomic mass is 16.2. The first-order valence-electron chi connectivity index (χ1n) is 4.47. The van der Waals surface area contributed by atoms with Crippen LogP contribution in [0.1, 0.15) is 6.42 Å². The van der Waals surface area contributed by atoms with Crippen LogP contribution in [0.5, 0.6) is 0 Å². The first-order chi connectivity index (χ1) is 7.25. The molecule has 6 heteroatoms. The van der Waals surface area contributed by atoms with Gasteiger partial charge in [0.2, 0.25) is 5.91 Å². The summed E-state index contributed by atoms with van der Waals surface area (Å²) in [7, 11) is 0. The number of nitrogens with two attached hydrogens (primary N) is 1. The molecule has 1 fully saturated rings. The fraction of sp³-hybridized carbons (Fsp3) is 0.111. The second kappa shape index (κ2) is 3.87. The van der Waals surface area contributed by atoms with E-state index in [2.05, 4.69) is 21.4 Å². The van der Waals surface area contributed by atoms with Crippen LogP contribution in [0.3, 0.4) is 0 Å². The lowest BCUT2D eigenvalue weighted by Crippen LogP contribution is -2.28. The van der Waals surface area contributed by atoms with Crippen molar-refractivity contribution in [2.45, 2.75) is 6.42 Å². The van der Waals surface area contributed by atoms with Crippen LogP contribution in [0.2, 0.25) is 0 Å². The molecule has 15 heavy (non-hydrogen) atoms. The van der Waals surface area contributed by atoms with Crippen LogP contribution in [0.15, 0.2) is 29.4 Å². The zero-order valence-corrected chi connectivity index (χ0v) is 7.95. The molecule has 1 aromatic carbocycles. The summed E-state index contributed by atoms with van der Waals surface area (Å²) in [5.41, 5.74) is 14.9. The highest BCUT2D eigenvalue weighted by Gasteiger charge is 2.14. The van der Waals surface area contributed by atoms with Crippen molar-refractivity contribution >= 4 is 23.1 Å². The summed E-state index contributed by atoms with van der Waals surface area (Å²) in [6, 6.07) is 7.27. The van der Waals surface area contributed by atoms with Gasteiger partial charge in [-0.05, 0) is 12.1 Å². The predicted octanol–water partition coefficient (Wildman–Crippen LogP) is 0.0187. The van der Waals surface area contributed by atoms with Crippen LogP contribution in [0.25, 0.3) is 0 Å². The number of amidine groups is 1. The van der Waals surface area contributed by atoms with Gasteiger partial charge < -0.3 is 5.73 Å². The number of nitrogens with one attached hydrogen (secondary N) is 3. The molecule has 0 unspecified atom stereocenters. The number of carbonyl (C=O) groups is 1. The predicted molar refractivity (Wildman–Crippen MR) is 57.8 cm³/mol. The molecule has 1 heterocycles. The molecule has 1 amide bonds. The van der Waals surface area contributed by atoms with Gasteiger partial charge in [-0.3, -0.25) is 21.1 Å². The SMILES string of the molecule is Nc1ccccc1N/N=C1\CC(=O)NN1. The molecule has 0 aliphatic carbocycles. The van der Waals surface area contributed by atoms with Crippen molar-refractivity contribution in [1.82, 2.24) is 10.9 Å². The average Bonchev–Trinajstić information content (AvgIpc) is 2.63. The summed E-state index contributed by atoms with van der Waals surface area (Å²) in [6.07, 6.45) is 0.250. The number of anilines is 2. The lowest BCUT2D eigenvalue weighted by atomic mass is 10.3. The van der Waals surface area contributed by atoms with E-state index in [0.29, 0.717) is 17.2 Å². The summed E-state index contributed by atoms with van der Waals surface area (Å²) in [4.78, 5) is 10.8. The summed E-state index contributed by atoms with van der Waals surface area (Å²) in [6.45, 7) is 0. The van der Waals surface area contributed by atoms with Crippen molar-refractivity contribution in [3.05, 3.63) is 24.3 Å². The van der Waals surface area contributed by atoms with Crippen LogP contribution >= 0.6 is 0 Å². The van der Waals surface area contributed by atoms with Crippen molar-refractivity contribution in [2.24, 2.45) is 5.10 Å². The Morgan fingerprint density at radius 1 is 1.33 bits per heavy atom. The second-order valence-corrected chi connectivity index (χ2v) is 3.11. The van der Waals surface area contributed by atoms with Crippen LogP contribution in [0.4, 0.5) is 11.4 Å². The van der Waals surface area contributed by atoms with Crippen molar-refractivity contribution in [2.75, 3.05) is 11.2 Å². The fourth-order valence-electron chi connectivity index (χ4n) is 1.18. The number of carbonyl (C=O) groups excluding carboxylic acids is 1. The van der Waals surface area contributed by atoms with Crippen LogP contribution in [-0.2, 0) is 4.79 Å². The standard InChI is InChI=1S/C9H11N5O/c10-6-3-1-2-4-7(6)11-12-8-5-9(15)14-13-8/h1-4,11H,5,10H2,(H,12,13)(H,14,15). The van der Waals surface area contributed by atoms with Gasteiger partial charge >= 0.3 is 0 Å². The summed E-state index contributed by atoms with van der Waals surface area (Å²) < 4.78 is 0. The number of nitrogen functional groups attached to an aromatic ring is 1. The summed E-state index contributed by atoms with van der Waals surface area (Å²) in [5.74, 6) is 0.444. The Labute approximate surface area is 86.5 Å². The molecule has 0 bridgehead atoms. The lowest BCUT2D eigenvalue weighted by Gasteiger charge is -2.04. The first-order valence-corrected chi connectivity index (χ1v) is 4.47. The van der Waals surface area contributed by atoms with E-state index in [4.69, 9.17) is 5.73 Å². The topological polar surface area (TPSA) is 91.5 Å². The summed E-state index contributed by atoms with van der Waals surface area (Å²) >= 11 is 0. The maximum absolute atomic E-state index is 10.8. The molecule has 2 rings (SSSR count). The molecule has 0 aromatic heterocycles. The highest BCUT2D eigenvalue weighted by molar-refractivity contribution is 6.05. The van der Waals surface area contributed by atoms with E-state index in [1.165, 1.54) is 0 Å². The van der Waals surface area contributed by atoms with E-state index in [1.54, 1.807) is 6.07 Å². The van der Waals surface area contributed by atoms with Crippen molar-refractivity contribution in [3.8, 4) is 0 Å². The number of benzene rings is 1. The second-order valence-electron chi connectivity index (χ2n) is 3.11. The van der Waals surface area contributed by atoms with Gasteiger partial charge in [0.1, 0.15) is 0 Å². The third-order valence-corrected chi connectivity index (χ3v) is 1.95. The van der Waals surface area contributed by atoms with E-state index in [9.17, 15) is 4.79 Å². The Bertz CT molecular complexity index is 415. The molecule has 1 saturated heterocycles. The average molecular weight is 205 g/mol. The molecule has 1 aliphatic heterocycles. The Balaban J connectivity index is 2.04. The van der Waals surface area contributed by atoms with Crippen LogP contribution in [-0.4, -0.2) is 11.7 Å². The third kappa shape index (κ3) is 2.16. The van der Waals surface area contributed by atoms with E-state index < -0.39 is 0 Å². The Kier molecular flexibility index (Phi) is 2.40. The first kappa shape index (κ1) is 9.32. The van der Waals surface area contributed by atoms with E-state index in [-0.39, 0.29) is 12.3 Å². The number of amides is 1. The molecule has 5 N–H and O–H groups in total. The quantitative estimate of drug-likeness (QED) is 0.404. The van der Waals surface area contributed by atoms with E-state index >= 15 is 0 Å². The number of rotatable bonds is 2. The minimum absolute atomic E-state index is 0.100. The van der Waals surface area contributed by atoms with Gasteiger partial charge in [0, 0.05) is 0 Å². The van der Waals surface area contributed by atoms with Gasteiger partial charge in [0.25, 0.3) is 0 Å². The molecule has 1 aromatic rings. The third-order valence-electron chi connectivity index (χ3n) is 1.95. The molecule has 78 valence electrons. The van der Waals surface area contributed by atoms with Crippen molar-refractivity contribution in [1.29, 1.82) is 0 Å². The smallest absolute Gasteiger partial charge is 0.246 e. The fourth-order valence-corrected chi connectivity index (χ4v) is 1.18. The Hall–Kier alpha value is -2.24. The maximum atomic E-state index is 10.8. The Morgan fingerprint density at radius 3 is 2.80 bits per heavy atom. The van der Waals surface area contributed by atoms with E-state index in [0.717, 1.165) is 0 Å². The summed E-state index contributed by atoms with van der Waals surface area (Å²) in [5, 5.41) is 4.00. The minimum atomic E-state index is -0.100. The molecule has 0 saturated carbocycles. The zero-order chi connectivity index (χ0) is 10.7. The number of hydrogen-bond acceptors (Lipinski definition) is 4. The van der Waals surface area contributed by atoms with Crippen LogP contribution < -0.4 is 22.0 Å². The maximum Gasteiger partial charge on any atom is 0.246 e. The molecule has 6 nitrogen and oxygen atoms in total. The number of hydrazone groups is 1. The van der Waals surface area contributed by atoms with Gasteiger partial charge in [-0.2, -0.15) is 5.10 Å². The van der Waals surface area contributed by atoms with Gasteiger partial charge in [-0.15, -0.1) is 0 Å². The van der Waals surface area contributed by atoms with Crippen molar-refractivity contribution in [3.63, 3.8) is 0 Å². The number of nitrogens with zero attached hydrogens (tertiary/aromatic N) is 1.